The van der Waals surface area contributed by atoms with E-state index in [0.29, 0.717) is 0 Å². The lowest BCUT2D eigenvalue weighted by molar-refractivity contribution is 1.23. The summed E-state index contributed by atoms with van der Waals surface area (Å²) < 4.78 is 0. The largest absolute Gasteiger partial charge is 0.106 e. The van der Waals surface area contributed by atoms with Gasteiger partial charge in [-0.2, -0.15) is 0 Å². The summed E-state index contributed by atoms with van der Waals surface area (Å²) in [5.74, 6) is 0. The number of hydrogen-bond acceptors (Lipinski definition) is 0. The maximum atomic E-state index is 2.38. The Morgan fingerprint density at radius 3 is 2.33 bits per heavy atom. The Morgan fingerprint density at radius 2 is 2.00 bits per heavy atom. The van der Waals surface area contributed by atoms with Crippen molar-refractivity contribution in [1.82, 2.24) is 0 Å². The van der Waals surface area contributed by atoms with Gasteiger partial charge in [-0.25, -0.2) is 0 Å². The standard InChI is InChI=1S/C7H16BSi/c1-5-6-7-9(3,4)8-2/h6-7H,5H2,1-4H3/b7-6-. The van der Waals surface area contributed by atoms with Crippen molar-refractivity contribution < 1.29 is 0 Å². The van der Waals surface area contributed by atoms with Crippen LogP contribution < -0.4 is 0 Å². The molecule has 0 aliphatic heterocycles. The van der Waals surface area contributed by atoms with Crippen LogP contribution in [0, 0.1) is 0 Å². The quantitative estimate of drug-likeness (QED) is 0.527. The Hall–Kier alpha value is 0.0218. The van der Waals surface area contributed by atoms with Gasteiger partial charge in [0, 0.05) is 7.94 Å². The molecule has 0 amide bonds. The van der Waals surface area contributed by atoms with Gasteiger partial charge in [-0.15, -0.1) is 5.70 Å². The molecule has 0 bridgehead atoms. The zero-order valence-electron chi connectivity index (χ0n) is 6.94. The minimum Gasteiger partial charge on any atom is -0.106 e. The third kappa shape index (κ3) is 4.52. The van der Waals surface area contributed by atoms with E-state index in [9.17, 15) is 0 Å². The van der Waals surface area contributed by atoms with Crippen molar-refractivity contribution in [3.8, 4) is 0 Å². The van der Waals surface area contributed by atoms with E-state index in [-0.39, 0.29) is 0 Å². The molecule has 0 rings (SSSR count). The maximum absolute atomic E-state index is 2.38. The van der Waals surface area contributed by atoms with E-state index in [1.54, 1.807) is 0 Å². The van der Waals surface area contributed by atoms with Gasteiger partial charge >= 0.3 is 0 Å². The smallest absolute Gasteiger partial charge is 0.104 e. The molecule has 0 heterocycles. The molecular weight excluding hydrogens is 123 g/mol. The second kappa shape index (κ2) is 3.94. The van der Waals surface area contributed by atoms with Crippen LogP contribution in [0.25, 0.3) is 0 Å². The van der Waals surface area contributed by atoms with Crippen molar-refractivity contribution in [2.24, 2.45) is 0 Å². The highest BCUT2D eigenvalue weighted by atomic mass is 28.3. The molecule has 0 N–H and O–H groups in total. The Bertz CT molecular complexity index is 97.1. The fraction of sp³-hybridized carbons (Fsp3) is 0.714. The highest BCUT2D eigenvalue weighted by Gasteiger charge is 2.12. The second-order valence-corrected chi connectivity index (χ2v) is 7.47. The highest BCUT2D eigenvalue weighted by molar-refractivity contribution is 7.25. The molecule has 0 aromatic carbocycles. The Morgan fingerprint density at radius 1 is 1.44 bits per heavy atom. The average Bonchev–Trinajstić information content (AvgIpc) is 1.84. The zero-order valence-corrected chi connectivity index (χ0v) is 7.94. The van der Waals surface area contributed by atoms with Crippen LogP contribution in [0.4, 0.5) is 0 Å². The first kappa shape index (κ1) is 9.02. The van der Waals surface area contributed by atoms with Gasteiger partial charge in [0.25, 0.3) is 0 Å². The van der Waals surface area contributed by atoms with Gasteiger partial charge in [-0.05, 0) is 6.42 Å². The van der Waals surface area contributed by atoms with Crippen LogP contribution in [0.5, 0.6) is 0 Å². The van der Waals surface area contributed by atoms with Crippen LogP contribution >= 0.6 is 0 Å². The Labute approximate surface area is 60.5 Å². The van der Waals surface area contributed by atoms with Crippen molar-refractivity contribution >= 4 is 14.8 Å². The van der Waals surface area contributed by atoms with E-state index < -0.39 is 7.94 Å². The predicted molar refractivity (Wildman–Crippen MR) is 48.5 cm³/mol. The van der Waals surface area contributed by atoms with Crippen molar-refractivity contribution in [3.63, 3.8) is 0 Å². The summed E-state index contributed by atoms with van der Waals surface area (Å²) in [6, 6.07) is 0. The van der Waals surface area contributed by atoms with Crippen molar-refractivity contribution in [1.29, 1.82) is 0 Å². The molecule has 0 fully saturated rings. The summed E-state index contributed by atoms with van der Waals surface area (Å²) in [4.78, 5) is 0. The molecule has 0 unspecified atom stereocenters. The number of rotatable bonds is 3. The SMILES string of the molecule is C[B][Si](C)(C)/C=C\CC. The predicted octanol–water partition coefficient (Wildman–Crippen LogP) is 2.45. The summed E-state index contributed by atoms with van der Waals surface area (Å²) in [6.07, 6.45) is 3.44. The molecule has 0 atom stereocenters. The molecule has 0 aromatic rings. The molecular formula is C7H16BSi. The van der Waals surface area contributed by atoms with E-state index in [4.69, 9.17) is 0 Å². The fourth-order valence-corrected chi connectivity index (χ4v) is 1.55. The zero-order chi connectivity index (χ0) is 7.33. The van der Waals surface area contributed by atoms with E-state index in [0.717, 1.165) is 0 Å². The lowest BCUT2D eigenvalue weighted by atomic mass is 10.2. The van der Waals surface area contributed by atoms with Crippen LogP contribution in [-0.4, -0.2) is 14.8 Å². The number of allylic oxidation sites excluding steroid dienone is 1. The average molecular weight is 139 g/mol. The summed E-state index contributed by atoms with van der Waals surface area (Å²) in [5, 5.41) is 0. The van der Waals surface area contributed by atoms with E-state index >= 15 is 0 Å². The number of hydrogen-bond donors (Lipinski definition) is 0. The highest BCUT2D eigenvalue weighted by Crippen LogP contribution is 2.01. The van der Waals surface area contributed by atoms with Crippen molar-refractivity contribution in [3.05, 3.63) is 11.8 Å². The first-order chi connectivity index (χ1) is 4.12. The molecule has 51 valence electrons. The normalized spacial score (nSPS) is 12.4. The minimum absolute atomic E-state index is 1.00. The van der Waals surface area contributed by atoms with E-state index in [1.165, 1.54) is 6.42 Å². The van der Waals surface area contributed by atoms with Gasteiger partial charge in [0.1, 0.15) is 6.87 Å². The van der Waals surface area contributed by atoms with Crippen LogP contribution in [0.1, 0.15) is 13.3 Å². The van der Waals surface area contributed by atoms with Gasteiger partial charge in [0.05, 0.1) is 0 Å². The van der Waals surface area contributed by atoms with E-state index in [2.05, 4.69) is 45.5 Å². The molecule has 0 aromatic heterocycles. The summed E-state index contributed by atoms with van der Waals surface area (Å²) in [5.41, 5.74) is 2.38. The second-order valence-electron chi connectivity index (χ2n) is 2.92. The van der Waals surface area contributed by atoms with Crippen LogP contribution in [0.3, 0.4) is 0 Å². The lowest BCUT2D eigenvalue weighted by Gasteiger charge is -2.12. The van der Waals surface area contributed by atoms with Gasteiger partial charge in [0.2, 0.25) is 0 Å². The van der Waals surface area contributed by atoms with Crippen LogP contribution in [0.2, 0.25) is 19.9 Å². The van der Waals surface area contributed by atoms with E-state index in [1.807, 2.05) is 0 Å². The maximum Gasteiger partial charge on any atom is 0.104 e. The molecule has 0 nitrogen and oxygen atoms in total. The molecule has 1 radical (unpaired) electrons. The molecule has 0 aliphatic rings. The molecule has 9 heavy (non-hydrogen) atoms. The Kier molecular flexibility index (Phi) is 3.95. The van der Waals surface area contributed by atoms with Gasteiger partial charge in [0.15, 0.2) is 0 Å². The van der Waals surface area contributed by atoms with Crippen LogP contribution in [0.15, 0.2) is 11.8 Å². The first-order valence-corrected chi connectivity index (χ1v) is 6.76. The molecule has 0 saturated heterocycles. The van der Waals surface area contributed by atoms with Crippen molar-refractivity contribution in [2.75, 3.05) is 0 Å². The summed E-state index contributed by atoms with van der Waals surface area (Å²) in [7, 11) is -1.00. The lowest BCUT2D eigenvalue weighted by Crippen LogP contribution is -2.29. The van der Waals surface area contributed by atoms with Gasteiger partial charge < -0.3 is 0 Å². The molecule has 2 heteroatoms. The topological polar surface area (TPSA) is 0 Å². The third-order valence-electron chi connectivity index (χ3n) is 1.53. The fourth-order valence-electron chi connectivity index (χ4n) is 0.518. The van der Waals surface area contributed by atoms with Crippen molar-refractivity contribution in [2.45, 2.75) is 33.3 Å². The monoisotopic (exact) mass is 139 g/mol. The first-order valence-electron chi connectivity index (χ1n) is 3.60. The summed E-state index contributed by atoms with van der Waals surface area (Å²) in [6.45, 7) is 11.4. The Balaban J connectivity index is 3.70. The third-order valence-corrected chi connectivity index (χ3v) is 4.11. The molecule has 0 aliphatic carbocycles. The molecule has 0 spiro atoms. The van der Waals surface area contributed by atoms with Gasteiger partial charge in [-0.3, -0.25) is 0 Å². The summed E-state index contributed by atoms with van der Waals surface area (Å²) >= 11 is 0. The minimum atomic E-state index is -1.00. The molecule has 0 saturated carbocycles. The van der Waals surface area contributed by atoms with Crippen LogP contribution in [-0.2, 0) is 0 Å². The van der Waals surface area contributed by atoms with Gasteiger partial charge in [-0.1, -0.05) is 32.9 Å².